The summed E-state index contributed by atoms with van der Waals surface area (Å²) in [5.74, 6) is 1.10. The Bertz CT molecular complexity index is 1770. The lowest BCUT2D eigenvalue weighted by atomic mass is 10.0. The van der Waals surface area contributed by atoms with Crippen molar-refractivity contribution in [2.75, 3.05) is 32.1 Å². The van der Waals surface area contributed by atoms with E-state index in [1.165, 1.54) is 30.5 Å². The van der Waals surface area contributed by atoms with Gasteiger partial charge in [-0.05, 0) is 66.6 Å². The average Bonchev–Trinajstić information content (AvgIpc) is 3.61. The smallest absolute Gasteiger partial charge is 0.407 e. The van der Waals surface area contributed by atoms with E-state index < -0.39 is 11.9 Å². The molecule has 2 unspecified atom stereocenters. The van der Waals surface area contributed by atoms with Crippen LogP contribution in [-0.4, -0.2) is 63.9 Å². The second-order valence-electron chi connectivity index (χ2n) is 11.5. The van der Waals surface area contributed by atoms with Crippen molar-refractivity contribution in [1.29, 1.82) is 0 Å². The average molecular weight is 808 g/mol. The first-order chi connectivity index (χ1) is 22.2. The fraction of sp³-hybridized carbons (Fsp3) is 0.303. The van der Waals surface area contributed by atoms with Gasteiger partial charge in [0.15, 0.2) is 28.2 Å². The van der Waals surface area contributed by atoms with Gasteiger partial charge in [-0.25, -0.2) is 19.2 Å². The zero-order valence-electron chi connectivity index (χ0n) is 25.8. The van der Waals surface area contributed by atoms with Crippen LogP contribution in [0.25, 0.3) is 10.9 Å². The molecule has 0 bridgehead atoms. The Morgan fingerprint density at radius 3 is 2.40 bits per heavy atom. The molecule has 1 saturated carbocycles. The molecule has 2 fully saturated rings. The number of hydrogen-bond donors (Lipinski definition) is 3. The lowest BCUT2D eigenvalue weighted by Gasteiger charge is -2.18. The van der Waals surface area contributed by atoms with E-state index in [1.807, 2.05) is 30.3 Å². The highest BCUT2D eigenvalue weighted by Gasteiger charge is 2.42. The van der Waals surface area contributed by atoms with Crippen LogP contribution < -0.4 is 24.8 Å². The molecule has 2 heterocycles. The molecule has 2 aliphatic rings. The molecule has 15 heteroatoms. The quantitative estimate of drug-likeness (QED) is 0.155. The minimum atomic E-state index is -0.855. The van der Waals surface area contributed by atoms with Crippen LogP contribution in [0.1, 0.15) is 18.4 Å². The minimum Gasteiger partial charge on any atom is -0.493 e. The normalized spacial score (nSPS) is 17.8. The monoisotopic (exact) mass is 805 g/mol. The van der Waals surface area contributed by atoms with Crippen molar-refractivity contribution in [3.63, 3.8) is 0 Å². The maximum atomic E-state index is 15.1. The summed E-state index contributed by atoms with van der Waals surface area (Å²) in [4.78, 5) is 33.7. The number of hydrogen-bond acceptors (Lipinski definition) is 8. The summed E-state index contributed by atoms with van der Waals surface area (Å²) in [7, 11) is 1.53. The lowest BCUT2D eigenvalue weighted by Crippen LogP contribution is -2.35. The lowest BCUT2D eigenvalue weighted by molar-refractivity contribution is -0.119. The summed E-state index contributed by atoms with van der Waals surface area (Å²) in [6.45, 7) is 1.63. The molecule has 0 spiro atoms. The second-order valence-corrected chi connectivity index (χ2v) is 11.9. The largest absolute Gasteiger partial charge is 0.493 e. The van der Waals surface area contributed by atoms with E-state index in [0.717, 1.165) is 18.4 Å². The Kier molecular flexibility index (Phi) is 12.5. The number of halogens is 3. The number of benzene rings is 3. The standard InChI is InChI=1S/C33H32FN5O6S.2BrH/c1-43-28-13-24-26(14-29(28)44-17-20-9-21-15-39(33(41)42)16-22(21)10-20)35-18-36-31(24)45-27-8-7-23(12-25(27)34)37-32(46)38-30(40)11-19-5-3-2-4-6-19;;/h2-8,12-14,18,20-22H,9-11,15-17H2,1H3,(H,41,42)(H2,37,38,40,46);2*1H. The molecule has 11 nitrogen and oxygen atoms in total. The molecule has 1 aromatic heterocycles. The number of nitrogens with one attached hydrogen (secondary N) is 2. The van der Waals surface area contributed by atoms with Gasteiger partial charge >= 0.3 is 6.09 Å². The summed E-state index contributed by atoms with van der Waals surface area (Å²) in [5.41, 5.74) is 1.70. The van der Waals surface area contributed by atoms with Crippen molar-refractivity contribution < 1.29 is 33.3 Å². The van der Waals surface area contributed by atoms with Gasteiger partial charge in [0.1, 0.15) is 6.33 Å². The number of rotatable bonds is 9. The number of carbonyl (C=O) groups is 2. The number of fused-ring (bicyclic) bond motifs is 2. The Labute approximate surface area is 302 Å². The van der Waals surface area contributed by atoms with Crippen LogP contribution in [0.5, 0.6) is 23.1 Å². The van der Waals surface area contributed by atoms with Gasteiger partial charge < -0.3 is 34.9 Å². The van der Waals surface area contributed by atoms with Crippen molar-refractivity contribution in [3.05, 3.63) is 78.4 Å². The molecular weight excluding hydrogens is 773 g/mol. The molecule has 1 aliphatic carbocycles. The first-order valence-corrected chi connectivity index (χ1v) is 15.2. The summed E-state index contributed by atoms with van der Waals surface area (Å²) in [5, 5.41) is 15.2. The van der Waals surface area contributed by atoms with Crippen LogP contribution in [-0.2, 0) is 11.2 Å². The SMILES string of the molecule is Br.Br.COc1cc2c(Oc3ccc(NC(=S)NC(=O)Cc4ccccc4)cc3F)ncnc2cc1OCC1CC2CN(C(=O)O)CC2C1. The molecule has 4 aromatic rings. The third-order valence-electron chi connectivity index (χ3n) is 8.33. The van der Waals surface area contributed by atoms with Gasteiger partial charge in [-0.3, -0.25) is 4.79 Å². The first kappa shape index (κ1) is 36.8. The number of nitrogens with zero attached hydrogens (tertiary/aromatic N) is 3. The number of likely N-dealkylation sites (tertiary alicyclic amines) is 1. The highest BCUT2D eigenvalue weighted by molar-refractivity contribution is 8.93. The van der Waals surface area contributed by atoms with Crippen LogP contribution in [0.4, 0.5) is 14.9 Å². The summed E-state index contributed by atoms with van der Waals surface area (Å²) >= 11 is 5.22. The maximum absolute atomic E-state index is 15.1. The molecule has 1 aliphatic heterocycles. The molecule has 254 valence electrons. The number of amides is 2. The number of carbonyl (C=O) groups excluding carboxylic acids is 1. The molecule has 2 amide bonds. The van der Waals surface area contributed by atoms with Crippen molar-refractivity contribution in [2.24, 2.45) is 17.8 Å². The Morgan fingerprint density at radius 1 is 1.00 bits per heavy atom. The highest BCUT2D eigenvalue weighted by atomic mass is 79.9. The molecule has 3 aromatic carbocycles. The van der Waals surface area contributed by atoms with Gasteiger partial charge in [0.25, 0.3) is 0 Å². The van der Waals surface area contributed by atoms with Gasteiger partial charge in [0.2, 0.25) is 11.8 Å². The van der Waals surface area contributed by atoms with Gasteiger partial charge in [-0.2, -0.15) is 0 Å². The predicted octanol–water partition coefficient (Wildman–Crippen LogP) is 6.80. The Hall–Kier alpha value is -4.08. The van der Waals surface area contributed by atoms with E-state index in [-0.39, 0.29) is 63.0 Å². The van der Waals surface area contributed by atoms with Gasteiger partial charge in [0, 0.05) is 30.9 Å². The van der Waals surface area contributed by atoms with Crippen LogP contribution in [0.3, 0.4) is 0 Å². The van der Waals surface area contributed by atoms with Gasteiger partial charge in [-0.1, -0.05) is 30.3 Å². The van der Waals surface area contributed by atoms with E-state index in [1.54, 1.807) is 18.2 Å². The number of methoxy groups -OCH3 is 1. The van der Waals surface area contributed by atoms with E-state index >= 15 is 4.39 Å². The third kappa shape index (κ3) is 8.68. The molecule has 48 heavy (non-hydrogen) atoms. The van der Waals surface area contributed by atoms with Crippen LogP contribution in [0.2, 0.25) is 0 Å². The van der Waals surface area contributed by atoms with Crippen molar-refractivity contribution >= 4 is 79.9 Å². The first-order valence-electron chi connectivity index (χ1n) is 14.8. The Morgan fingerprint density at radius 2 is 1.73 bits per heavy atom. The molecule has 3 N–H and O–H groups in total. The number of anilines is 1. The number of ether oxygens (including phenoxy) is 3. The van der Waals surface area contributed by atoms with Crippen molar-refractivity contribution in [1.82, 2.24) is 20.2 Å². The number of carboxylic acid groups (broad SMARTS) is 1. The van der Waals surface area contributed by atoms with E-state index in [0.29, 0.717) is 65.5 Å². The van der Waals surface area contributed by atoms with Crippen LogP contribution in [0.15, 0.2) is 67.0 Å². The summed E-state index contributed by atoms with van der Waals surface area (Å²) in [6.07, 6.45) is 2.46. The second kappa shape index (κ2) is 16.3. The zero-order valence-corrected chi connectivity index (χ0v) is 30.0. The van der Waals surface area contributed by atoms with Crippen molar-refractivity contribution in [2.45, 2.75) is 19.3 Å². The molecule has 6 rings (SSSR count). The highest BCUT2D eigenvalue weighted by Crippen LogP contribution is 2.43. The van der Waals surface area contributed by atoms with Crippen LogP contribution >= 0.6 is 46.2 Å². The maximum Gasteiger partial charge on any atom is 0.407 e. The molecule has 1 saturated heterocycles. The third-order valence-corrected chi connectivity index (χ3v) is 8.54. The molecule has 0 radical (unpaired) electrons. The van der Waals surface area contributed by atoms with E-state index in [2.05, 4.69) is 20.6 Å². The minimum absolute atomic E-state index is 0. The molecule has 2 atom stereocenters. The fourth-order valence-corrected chi connectivity index (χ4v) is 6.43. The van der Waals surface area contributed by atoms with Crippen LogP contribution in [0, 0.1) is 23.6 Å². The topological polar surface area (TPSA) is 135 Å². The molecular formula is C33H34Br2FN5O6S. The van der Waals surface area contributed by atoms with Crippen molar-refractivity contribution in [3.8, 4) is 23.1 Å². The van der Waals surface area contributed by atoms with Gasteiger partial charge in [0.05, 0.1) is 31.0 Å². The van der Waals surface area contributed by atoms with Gasteiger partial charge in [-0.15, -0.1) is 34.0 Å². The van der Waals surface area contributed by atoms with E-state index in [4.69, 9.17) is 26.4 Å². The predicted molar refractivity (Wildman–Crippen MR) is 193 cm³/mol. The van der Waals surface area contributed by atoms with E-state index in [9.17, 15) is 14.7 Å². The summed E-state index contributed by atoms with van der Waals surface area (Å²) < 4.78 is 32.8. The Balaban J connectivity index is 0.00000260. The zero-order chi connectivity index (χ0) is 32.2. The summed E-state index contributed by atoms with van der Waals surface area (Å²) in [6, 6.07) is 16.9. The number of aromatic nitrogens is 2. The fourth-order valence-electron chi connectivity index (χ4n) is 6.20. The number of thiocarbonyl (C=S) groups is 1.